The quantitative estimate of drug-likeness (QED) is 0.942. The zero-order valence-electron chi connectivity index (χ0n) is 10.3. The fraction of sp³-hybridized carbons (Fsp3) is 0.308. The summed E-state index contributed by atoms with van der Waals surface area (Å²) in [5, 5.41) is 14.6. The van der Waals surface area contributed by atoms with Crippen LogP contribution in [0.15, 0.2) is 28.9 Å². The lowest BCUT2D eigenvalue weighted by Crippen LogP contribution is -2.09. The largest absolute Gasteiger partial charge is 0.454 e. The molecular weight excluding hydrogens is 312 g/mol. The number of aryl methyl sites for hydroxylation is 1. The van der Waals surface area contributed by atoms with E-state index in [1.54, 1.807) is 16.9 Å². The van der Waals surface area contributed by atoms with E-state index in [0.29, 0.717) is 18.0 Å². The van der Waals surface area contributed by atoms with E-state index in [2.05, 4.69) is 21.0 Å². The third-order valence-corrected chi connectivity index (χ3v) is 3.68. The number of hydrogen-bond acceptors (Lipinski definition) is 4. The van der Waals surface area contributed by atoms with Crippen molar-refractivity contribution in [3.63, 3.8) is 0 Å². The molecule has 19 heavy (non-hydrogen) atoms. The van der Waals surface area contributed by atoms with Crippen molar-refractivity contribution < 1.29 is 14.6 Å². The molecule has 100 valence electrons. The highest BCUT2D eigenvalue weighted by Gasteiger charge is 2.22. The molecular formula is C13H13BrN2O3. The summed E-state index contributed by atoms with van der Waals surface area (Å²) in [7, 11) is 0. The Morgan fingerprint density at radius 2 is 2.32 bits per heavy atom. The van der Waals surface area contributed by atoms with Crippen molar-refractivity contribution in [2.45, 2.75) is 19.6 Å². The van der Waals surface area contributed by atoms with Gasteiger partial charge in [-0.15, -0.1) is 0 Å². The highest BCUT2D eigenvalue weighted by molar-refractivity contribution is 9.10. The average Bonchev–Trinajstić information content (AvgIpc) is 3.06. The first-order valence-corrected chi connectivity index (χ1v) is 6.78. The minimum absolute atomic E-state index is 0.209. The predicted molar refractivity (Wildman–Crippen MR) is 72.2 cm³/mol. The molecule has 1 aliphatic rings. The molecule has 2 aromatic rings. The number of hydrogen-bond donors (Lipinski definition) is 1. The van der Waals surface area contributed by atoms with E-state index in [-0.39, 0.29) is 6.79 Å². The molecule has 2 heterocycles. The molecule has 0 saturated heterocycles. The highest BCUT2D eigenvalue weighted by atomic mass is 79.9. The summed E-state index contributed by atoms with van der Waals surface area (Å²) in [4.78, 5) is 0. The summed E-state index contributed by atoms with van der Waals surface area (Å²) in [6.07, 6.45) is 0.942. The second-order valence-electron chi connectivity index (χ2n) is 4.21. The zero-order valence-corrected chi connectivity index (χ0v) is 11.9. The molecule has 1 aromatic carbocycles. The van der Waals surface area contributed by atoms with Gasteiger partial charge in [-0.25, -0.2) is 0 Å². The van der Waals surface area contributed by atoms with Crippen LogP contribution in [-0.2, 0) is 6.54 Å². The van der Waals surface area contributed by atoms with Gasteiger partial charge in [-0.1, -0.05) is 0 Å². The van der Waals surface area contributed by atoms with Gasteiger partial charge in [0.05, 0.1) is 10.2 Å². The van der Waals surface area contributed by atoms with E-state index in [4.69, 9.17) is 9.47 Å². The lowest BCUT2D eigenvalue weighted by molar-refractivity contribution is 0.173. The van der Waals surface area contributed by atoms with E-state index < -0.39 is 6.10 Å². The van der Waals surface area contributed by atoms with Crippen molar-refractivity contribution in [2.75, 3.05) is 6.79 Å². The van der Waals surface area contributed by atoms with Gasteiger partial charge >= 0.3 is 0 Å². The molecule has 0 fully saturated rings. The van der Waals surface area contributed by atoms with Crippen molar-refractivity contribution in [3.05, 3.63) is 40.1 Å². The van der Waals surface area contributed by atoms with Crippen LogP contribution >= 0.6 is 15.9 Å². The Morgan fingerprint density at radius 3 is 3.11 bits per heavy atom. The maximum absolute atomic E-state index is 10.5. The summed E-state index contributed by atoms with van der Waals surface area (Å²) >= 11 is 3.43. The minimum Gasteiger partial charge on any atom is -0.454 e. The van der Waals surface area contributed by atoms with E-state index in [1.165, 1.54) is 0 Å². The lowest BCUT2D eigenvalue weighted by Gasteiger charge is -2.14. The molecule has 3 rings (SSSR count). The Labute approximate surface area is 118 Å². The first kappa shape index (κ1) is 12.5. The Balaban J connectivity index is 2.01. The van der Waals surface area contributed by atoms with Crippen molar-refractivity contribution in [1.82, 2.24) is 9.78 Å². The van der Waals surface area contributed by atoms with Crippen LogP contribution < -0.4 is 9.47 Å². The number of rotatable bonds is 3. The SMILES string of the molecule is CCn1nccc1C(O)c1cc(Br)c2c(c1)OCO2. The van der Waals surface area contributed by atoms with E-state index >= 15 is 0 Å². The number of fused-ring (bicyclic) bond motifs is 1. The Morgan fingerprint density at radius 1 is 1.47 bits per heavy atom. The maximum Gasteiger partial charge on any atom is 0.231 e. The topological polar surface area (TPSA) is 56.5 Å². The molecule has 1 unspecified atom stereocenters. The van der Waals surface area contributed by atoms with E-state index in [0.717, 1.165) is 15.7 Å². The van der Waals surface area contributed by atoms with Crippen LogP contribution in [0.2, 0.25) is 0 Å². The zero-order chi connectivity index (χ0) is 13.4. The van der Waals surface area contributed by atoms with Crippen molar-refractivity contribution >= 4 is 15.9 Å². The smallest absolute Gasteiger partial charge is 0.231 e. The number of ether oxygens (including phenoxy) is 2. The van der Waals surface area contributed by atoms with Crippen molar-refractivity contribution in [1.29, 1.82) is 0 Å². The van der Waals surface area contributed by atoms with Crippen LogP contribution in [0.1, 0.15) is 24.3 Å². The maximum atomic E-state index is 10.5. The predicted octanol–water partition coefficient (Wildman–Crippen LogP) is 2.48. The van der Waals surface area contributed by atoms with Gasteiger partial charge in [0.15, 0.2) is 11.5 Å². The number of aliphatic hydroxyl groups is 1. The Kier molecular flexibility index (Phi) is 3.20. The van der Waals surface area contributed by atoms with Crippen LogP contribution in [0.25, 0.3) is 0 Å². The van der Waals surface area contributed by atoms with Crippen molar-refractivity contribution in [2.24, 2.45) is 0 Å². The van der Waals surface area contributed by atoms with Crippen LogP contribution in [0.5, 0.6) is 11.5 Å². The molecule has 0 spiro atoms. The van der Waals surface area contributed by atoms with Gasteiger partial charge in [0.25, 0.3) is 0 Å². The van der Waals surface area contributed by atoms with Crippen LogP contribution in [0, 0.1) is 0 Å². The van der Waals surface area contributed by atoms with E-state index in [1.807, 2.05) is 19.1 Å². The van der Waals surface area contributed by atoms with Crippen LogP contribution in [-0.4, -0.2) is 21.7 Å². The molecule has 1 aliphatic heterocycles. The van der Waals surface area contributed by atoms with Gasteiger partial charge in [-0.2, -0.15) is 5.10 Å². The second kappa shape index (κ2) is 4.86. The standard InChI is InChI=1S/C13H13BrN2O3/c1-2-16-10(3-4-15-16)12(17)8-5-9(14)13-11(6-8)18-7-19-13/h3-6,12,17H,2,7H2,1H3. The number of aromatic nitrogens is 2. The average molecular weight is 325 g/mol. The Bertz CT molecular complexity index is 612. The van der Waals surface area contributed by atoms with Crippen LogP contribution in [0.4, 0.5) is 0 Å². The molecule has 0 bridgehead atoms. The molecule has 1 aromatic heterocycles. The normalized spacial score (nSPS) is 14.7. The molecule has 0 amide bonds. The summed E-state index contributed by atoms with van der Waals surface area (Å²) in [5.41, 5.74) is 1.50. The summed E-state index contributed by atoms with van der Waals surface area (Å²) in [6.45, 7) is 2.91. The number of nitrogens with zero attached hydrogens (tertiary/aromatic N) is 2. The first-order valence-electron chi connectivity index (χ1n) is 5.99. The molecule has 0 saturated carbocycles. The fourth-order valence-electron chi connectivity index (χ4n) is 2.16. The van der Waals surface area contributed by atoms with Gasteiger partial charge in [0.1, 0.15) is 6.10 Å². The number of aliphatic hydroxyl groups excluding tert-OH is 1. The molecule has 1 N–H and O–H groups in total. The summed E-state index contributed by atoms with van der Waals surface area (Å²) < 4.78 is 13.2. The lowest BCUT2D eigenvalue weighted by atomic mass is 10.1. The van der Waals surface area contributed by atoms with Gasteiger partial charge in [0, 0.05) is 12.7 Å². The van der Waals surface area contributed by atoms with E-state index in [9.17, 15) is 5.11 Å². The van der Waals surface area contributed by atoms with Gasteiger partial charge in [-0.05, 0) is 46.6 Å². The van der Waals surface area contributed by atoms with Gasteiger partial charge in [0.2, 0.25) is 6.79 Å². The monoisotopic (exact) mass is 324 g/mol. The third kappa shape index (κ3) is 2.11. The van der Waals surface area contributed by atoms with Gasteiger partial charge < -0.3 is 14.6 Å². The van der Waals surface area contributed by atoms with Crippen molar-refractivity contribution in [3.8, 4) is 11.5 Å². The van der Waals surface area contributed by atoms with Crippen LogP contribution in [0.3, 0.4) is 0 Å². The number of benzene rings is 1. The minimum atomic E-state index is -0.742. The molecule has 0 radical (unpaired) electrons. The third-order valence-electron chi connectivity index (χ3n) is 3.09. The van der Waals surface area contributed by atoms with Gasteiger partial charge in [-0.3, -0.25) is 4.68 Å². The summed E-state index contributed by atoms with van der Waals surface area (Å²) in [5.74, 6) is 1.32. The number of halogens is 1. The summed E-state index contributed by atoms with van der Waals surface area (Å²) in [6, 6.07) is 5.45. The molecule has 5 nitrogen and oxygen atoms in total. The molecule has 1 atom stereocenters. The fourth-order valence-corrected chi connectivity index (χ4v) is 2.73. The highest BCUT2D eigenvalue weighted by Crippen LogP contribution is 2.41. The Hall–Kier alpha value is -1.53. The second-order valence-corrected chi connectivity index (χ2v) is 5.07. The molecule has 0 aliphatic carbocycles. The molecule has 6 heteroatoms. The first-order chi connectivity index (χ1) is 9.20.